The summed E-state index contributed by atoms with van der Waals surface area (Å²) < 4.78 is 52.9. The van der Waals surface area contributed by atoms with Crippen LogP contribution in [0.15, 0.2) is 48.5 Å². The number of sulfonamides is 1. The van der Waals surface area contributed by atoms with Gasteiger partial charge in [-0.2, -0.15) is 14.3 Å². The third-order valence-electron chi connectivity index (χ3n) is 12.7. The van der Waals surface area contributed by atoms with Crippen LogP contribution in [0.1, 0.15) is 44.9 Å². The predicted molar refractivity (Wildman–Crippen MR) is 206 cm³/mol. The lowest BCUT2D eigenvalue weighted by molar-refractivity contribution is 0.108. The number of benzene rings is 3. The Bertz CT molecular complexity index is 2100. The van der Waals surface area contributed by atoms with E-state index in [0.717, 1.165) is 95.1 Å². The van der Waals surface area contributed by atoms with E-state index in [-0.39, 0.29) is 40.7 Å². The van der Waals surface area contributed by atoms with Gasteiger partial charge in [-0.25, -0.2) is 12.8 Å². The van der Waals surface area contributed by atoms with Crippen LogP contribution in [-0.2, 0) is 10.0 Å². The molecule has 53 heavy (non-hydrogen) atoms. The van der Waals surface area contributed by atoms with Crippen molar-refractivity contribution in [3.8, 4) is 22.9 Å². The minimum absolute atomic E-state index is 0.0389. The van der Waals surface area contributed by atoms with Crippen LogP contribution >= 0.6 is 0 Å². The van der Waals surface area contributed by atoms with Crippen LogP contribution < -0.4 is 9.64 Å². The number of phenols is 1. The van der Waals surface area contributed by atoms with E-state index in [1.165, 1.54) is 0 Å². The molecule has 9 rings (SSSR count). The molecule has 5 aliphatic rings. The van der Waals surface area contributed by atoms with Crippen molar-refractivity contribution in [3.05, 3.63) is 54.3 Å². The molecule has 0 amide bonds. The first kappa shape index (κ1) is 35.1. The van der Waals surface area contributed by atoms with Gasteiger partial charge in [0.25, 0.3) is 0 Å². The molecule has 6 heterocycles. The largest absolute Gasteiger partial charge is 0.508 e. The topological polar surface area (TPSA) is 106 Å². The van der Waals surface area contributed by atoms with Gasteiger partial charge in [0.15, 0.2) is 5.82 Å². The minimum atomic E-state index is -3.45. The number of halogens is 1. The lowest BCUT2D eigenvalue weighted by Gasteiger charge is -2.41. The van der Waals surface area contributed by atoms with E-state index in [2.05, 4.69) is 26.6 Å². The number of fused-ring (bicyclic) bond motifs is 5. The van der Waals surface area contributed by atoms with Crippen LogP contribution in [0.2, 0.25) is 0 Å². The maximum absolute atomic E-state index is 17.0. The molecule has 2 atom stereocenters. The molecule has 4 aromatic rings. The van der Waals surface area contributed by atoms with E-state index in [1.807, 2.05) is 30.3 Å². The van der Waals surface area contributed by atoms with E-state index >= 15 is 4.39 Å². The summed E-state index contributed by atoms with van der Waals surface area (Å²) >= 11 is 0. The molecule has 1 aromatic heterocycles. The summed E-state index contributed by atoms with van der Waals surface area (Å²) in [5.41, 5.74) is 1.04. The van der Waals surface area contributed by atoms with Crippen molar-refractivity contribution in [1.29, 1.82) is 0 Å². The maximum Gasteiger partial charge on any atom is 0.319 e. The number of piperazine rings is 2. The molecule has 0 spiro atoms. The van der Waals surface area contributed by atoms with Gasteiger partial charge >= 0.3 is 6.01 Å². The van der Waals surface area contributed by atoms with E-state index in [1.54, 1.807) is 22.5 Å². The van der Waals surface area contributed by atoms with E-state index < -0.39 is 15.8 Å². The first-order chi connectivity index (χ1) is 25.7. The summed E-state index contributed by atoms with van der Waals surface area (Å²) in [4.78, 5) is 19.1. The summed E-state index contributed by atoms with van der Waals surface area (Å²) in [7, 11) is -1.33. The number of likely N-dealkylation sites (N-methyl/N-ethyl adjacent to an activating group) is 1. The summed E-state index contributed by atoms with van der Waals surface area (Å²) in [6.07, 6.45) is 6.58. The van der Waals surface area contributed by atoms with Crippen molar-refractivity contribution in [2.45, 2.75) is 62.6 Å². The Kier molecular flexibility index (Phi) is 9.21. The Morgan fingerprint density at radius 1 is 0.906 bits per heavy atom. The average Bonchev–Trinajstić information content (AvgIpc) is 3.82. The molecule has 5 saturated heterocycles. The second kappa shape index (κ2) is 13.9. The molecule has 3 aromatic carbocycles. The number of phenolic OH excluding ortho intramolecular Hbond substituents is 1. The summed E-state index contributed by atoms with van der Waals surface area (Å²) in [6.45, 7) is 8.29. The van der Waals surface area contributed by atoms with Gasteiger partial charge in [0.05, 0.1) is 11.3 Å². The summed E-state index contributed by atoms with van der Waals surface area (Å²) in [5, 5.41) is 12.8. The molecule has 5 aliphatic heterocycles. The van der Waals surface area contributed by atoms with Crippen molar-refractivity contribution in [1.82, 2.24) is 29.0 Å². The lowest BCUT2D eigenvalue weighted by atomic mass is 9.95. The fraction of sp³-hybridized carbons (Fsp3) is 0.550. The van der Waals surface area contributed by atoms with Gasteiger partial charge in [-0.05, 0) is 106 Å². The standard InChI is InChI=1S/C40H50FN7O4S/c1-44-18-20-45(21-19-44)15-6-22-53(50,51)48-29-9-10-30(48)26-46(25-29)38-34-12-11-33(35-24-31(49)23-28-7-2-3-8-32(28)35)36(41)37(34)42-39(43-38)52-27-40-13-4-16-47(40)17-5-14-40/h2-3,7-8,11-12,23-24,29-30,49H,4-6,9-10,13-22,25-27H2,1H3. The van der Waals surface area contributed by atoms with Gasteiger partial charge in [-0.15, -0.1) is 0 Å². The van der Waals surface area contributed by atoms with E-state index in [0.29, 0.717) is 48.4 Å². The first-order valence-electron chi connectivity index (χ1n) is 19.4. The van der Waals surface area contributed by atoms with Crippen LogP contribution in [0.25, 0.3) is 32.8 Å². The Labute approximate surface area is 311 Å². The molecule has 13 heteroatoms. The fourth-order valence-electron chi connectivity index (χ4n) is 9.96. The molecule has 282 valence electrons. The highest BCUT2D eigenvalue weighted by Crippen LogP contribution is 2.42. The van der Waals surface area contributed by atoms with Gasteiger partial charge in [0.1, 0.15) is 23.7 Å². The molecule has 0 saturated carbocycles. The monoisotopic (exact) mass is 743 g/mol. The van der Waals surface area contributed by atoms with Crippen LogP contribution in [0.4, 0.5) is 10.2 Å². The zero-order chi connectivity index (χ0) is 36.3. The lowest BCUT2D eigenvalue weighted by Crippen LogP contribution is -2.56. The second-order valence-corrected chi connectivity index (χ2v) is 18.0. The second-order valence-electron chi connectivity index (χ2n) is 16.0. The van der Waals surface area contributed by atoms with Crippen LogP contribution in [0.3, 0.4) is 0 Å². The van der Waals surface area contributed by atoms with Crippen molar-refractivity contribution in [2.75, 3.05) is 83.2 Å². The Balaban J connectivity index is 1.03. The molecular formula is C40H50FN7O4S. The quantitative estimate of drug-likeness (QED) is 0.241. The Morgan fingerprint density at radius 3 is 2.40 bits per heavy atom. The third kappa shape index (κ3) is 6.52. The number of rotatable bonds is 10. The van der Waals surface area contributed by atoms with Gasteiger partial charge in [-0.3, -0.25) is 4.90 Å². The number of nitrogens with zero attached hydrogens (tertiary/aromatic N) is 7. The van der Waals surface area contributed by atoms with Crippen molar-refractivity contribution >= 4 is 37.5 Å². The summed E-state index contributed by atoms with van der Waals surface area (Å²) in [5.74, 6) is 0.285. The highest BCUT2D eigenvalue weighted by Gasteiger charge is 2.47. The Morgan fingerprint density at radius 2 is 1.64 bits per heavy atom. The number of aromatic hydroxyl groups is 1. The van der Waals surface area contributed by atoms with E-state index in [4.69, 9.17) is 14.7 Å². The smallest absolute Gasteiger partial charge is 0.319 e. The van der Waals surface area contributed by atoms with Crippen LogP contribution in [-0.4, -0.2) is 138 Å². The molecule has 11 nitrogen and oxygen atoms in total. The van der Waals surface area contributed by atoms with Crippen LogP contribution in [0, 0.1) is 5.82 Å². The SMILES string of the molecule is CN1CCN(CCCS(=O)(=O)N2C3CCC2CN(c2nc(OCC45CCCN4CCC5)nc4c(F)c(-c5cc(O)cc6ccccc56)ccc24)C3)CC1. The highest BCUT2D eigenvalue weighted by molar-refractivity contribution is 7.89. The fourth-order valence-corrected chi connectivity index (χ4v) is 11.9. The maximum atomic E-state index is 17.0. The normalized spacial score (nSPS) is 24.1. The Hall–Kier alpha value is -3.62. The van der Waals surface area contributed by atoms with E-state index in [9.17, 15) is 13.5 Å². The van der Waals surface area contributed by atoms with Gasteiger partial charge in [0.2, 0.25) is 10.0 Å². The molecule has 0 aliphatic carbocycles. The molecule has 0 radical (unpaired) electrons. The van der Waals surface area contributed by atoms with Gasteiger partial charge in [0, 0.05) is 62.3 Å². The molecule has 5 fully saturated rings. The van der Waals surface area contributed by atoms with Crippen molar-refractivity contribution in [3.63, 3.8) is 0 Å². The minimum Gasteiger partial charge on any atom is -0.508 e. The summed E-state index contributed by atoms with van der Waals surface area (Å²) in [6, 6.07) is 14.3. The molecular weight excluding hydrogens is 694 g/mol. The first-order valence-corrected chi connectivity index (χ1v) is 21.1. The van der Waals surface area contributed by atoms with Gasteiger partial charge in [-0.1, -0.05) is 30.3 Å². The zero-order valence-electron chi connectivity index (χ0n) is 30.6. The van der Waals surface area contributed by atoms with Crippen LogP contribution in [0.5, 0.6) is 11.8 Å². The number of ether oxygens (including phenoxy) is 1. The average molecular weight is 744 g/mol. The highest BCUT2D eigenvalue weighted by atomic mass is 32.2. The molecule has 2 bridgehead atoms. The predicted octanol–water partition coefficient (Wildman–Crippen LogP) is 4.92. The van der Waals surface area contributed by atoms with Crippen molar-refractivity contribution in [2.24, 2.45) is 0 Å². The number of aromatic nitrogens is 2. The van der Waals surface area contributed by atoms with Crippen molar-refractivity contribution < 1.29 is 22.7 Å². The van der Waals surface area contributed by atoms with Gasteiger partial charge < -0.3 is 24.5 Å². The number of hydrogen-bond donors (Lipinski definition) is 1. The zero-order valence-corrected chi connectivity index (χ0v) is 31.4. The number of hydrogen-bond acceptors (Lipinski definition) is 10. The third-order valence-corrected chi connectivity index (χ3v) is 14.7. The molecule has 1 N–H and O–H groups in total. The molecule has 2 unspecified atom stereocenters. The number of anilines is 1.